The van der Waals surface area contributed by atoms with Crippen molar-refractivity contribution in [1.82, 2.24) is 9.55 Å². The van der Waals surface area contributed by atoms with Crippen molar-refractivity contribution < 1.29 is 4.79 Å². The van der Waals surface area contributed by atoms with E-state index in [1.54, 1.807) is 10.8 Å². The number of aryl methyl sites for hydroxylation is 1. The van der Waals surface area contributed by atoms with Crippen molar-refractivity contribution in [3.05, 3.63) is 29.9 Å². The zero-order valence-electron chi connectivity index (χ0n) is 9.07. The number of Topliss-reactive ketones (excluding diaryl/α,β-unsaturated/α-hetero) is 1. The molecule has 3 nitrogen and oxygen atoms in total. The summed E-state index contributed by atoms with van der Waals surface area (Å²) in [5.74, 6) is 0.660. The van der Waals surface area contributed by atoms with Crippen LogP contribution in [0.1, 0.15) is 42.7 Å². The predicted octanol–water partition coefficient (Wildman–Crippen LogP) is 2.49. The van der Waals surface area contributed by atoms with Gasteiger partial charge in [0.15, 0.2) is 5.82 Å². The third kappa shape index (κ3) is 2.17. The second-order valence-corrected chi connectivity index (χ2v) is 4.02. The standard InChI is InChI=1S/C12H16N2O/c1-14-9-8-13-12(14)11(15)10-6-4-2-3-5-7-10/h6,8-9H,2-5,7H2,1H3. The normalized spacial score (nSPS) is 17.0. The smallest absolute Gasteiger partial charge is 0.224 e. The minimum atomic E-state index is 0.101. The molecule has 0 aromatic carbocycles. The highest BCUT2D eigenvalue weighted by Crippen LogP contribution is 2.19. The maximum absolute atomic E-state index is 12.1. The van der Waals surface area contributed by atoms with Crippen molar-refractivity contribution in [3.8, 4) is 0 Å². The molecule has 1 heterocycles. The van der Waals surface area contributed by atoms with Crippen LogP contribution in [-0.4, -0.2) is 15.3 Å². The predicted molar refractivity (Wildman–Crippen MR) is 58.7 cm³/mol. The van der Waals surface area contributed by atoms with Gasteiger partial charge in [-0.05, 0) is 31.3 Å². The Kier molecular flexibility index (Phi) is 2.99. The highest BCUT2D eigenvalue weighted by Gasteiger charge is 2.16. The first kappa shape index (κ1) is 10.1. The van der Waals surface area contributed by atoms with Gasteiger partial charge in [-0.3, -0.25) is 4.79 Å². The Hall–Kier alpha value is -1.38. The highest BCUT2D eigenvalue weighted by molar-refractivity contribution is 6.06. The largest absolute Gasteiger partial charge is 0.331 e. The summed E-state index contributed by atoms with van der Waals surface area (Å²) in [6, 6.07) is 0. The topological polar surface area (TPSA) is 34.9 Å². The molecule has 0 N–H and O–H groups in total. The summed E-state index contributed by atoms with van der Waals surface area (Å²) in [6.45, 7) is 0. The van der Waals surface area contributed by atoms with Crippen LogP contribution in [0.4, 0.5) is 0 Å². The van der Waals surface area contributed by atoms with Crippen LogP contribution in [0.15, 0.2) is 24.0 Å². The Balaban J connectivity index is 2.20. The second kappa shape index (κ2) is 4.43. The fraction of sp³-hybridized carbons (Fsp3) is 0.500. The fourth-order valence-electron chi connectivity index (χ4n) is 1.95. The van der Waals surface area contributed by atoms with Crippen molar-refractivity contribution >= 4 is 5.78 Å². The summed E-state index contributed by atoms with van der Waals surface area (Å²) in [5.41, 5.74) is 0.946. The molecular weight excluding hydrogens is 188 g/mol. The van der Waals surface area contributed by atoms with E-state index >= 15 is 0 Å². The van der Waals surface area contributed by atoms with Gasteiger partial charge in [0, 0.05) is 19.4 Å². The van der Waals surface area contributed by atoms with E-state index in [0.717, 1.165) is 24.8 Å². The molecule has 0 radical (unpaired) electrons. The van der Waals surface area contributed by atoms with E-state index in [4.69, 9.17) is 0 Å². The van der Waals surface area contributed by atoms with E-state index in [2.05, 4.69) is 11.1 Å². The van der Waals surface area contributed by atoms with Crippen molar-refractivity contribution in [2.75, 3.05) is 0 Å². The fourth-order valence-corrected chi connectivity index (χ4v) is 1.95. The molecule has 0 atom stereocenters. The first-order valence-electron chi connectivity index (χ1n) is 5.50. The van der Waals surface area contributed by atoms with Gasteiger partial charge < -0.3 is 4.57 Å². The van der Waals surface area contributed by atoms with Crippen LogP contribution >= 0.6 is 0 Å². The second-order valence-electron chi connectivity index (χ2n) is 4.02. The maximum atomic E-state index is 12.1. The first-order valence-corrected chi connectivity index (χ1v) is 5.50. The van der Waals surface area contributed by atoms with Gasteiger partial charge in [-0.25, -0.2) is 4.98 Å². The Morgan fingerprint density at radius 1 is 1.40 bits per heavy atom. The van der Waals surface area contributed by atoms with Crippen LogP contribution in [0.5, 0.6) is 0 Å². The Labute approximate surface area is 89.8 Å². The molecule has 80 valence electrons. The molecule has 0 spiro atoms. The van der Waals surface area contributed by atoms with Gasteiger partial charge >= 0.3 is 0 Å². The molecule has 15 heavy (non-hydrogen) atoms. The molecule has 0 aliphatic heterocycles. The number of carbonyl (C=O) groups is 1. The maximum Gasteiger partial charge on any atom is 0.224 e. The summed E-state index contributed by atoms with van der Waals surface area (Å²) in [6.07, 6.45) is 11.1. The molecule has 1 aromatic heterocycles. The van der Waals surface area contributed by atoms with Crippen molar-refractivity contribution in [3.63, 3.8) is 0 Å². The zero-order valence-corrected chi connectivity index (χ0v) is 9.07. The molecule has 0 fully saturated rings. The van der Waals surface area contributed by atoms with Crippen LogP contribution in [0, 0.1) is 0 Å². The van der Waals surface area contributed by atoms with E-state index in [9.17, 15) is 4.79 Å². The number of allylic oxidation sites excluding steroid dienone is 2. The summed E-state index contributed by atoms with van der Waals surface area (Å²) >= 11 is 0. The molecule has 0 bridgehead atoms. The van der Waals surface area contributed by atoms with Gasteiger partial charge in [0.2, 0.25) is 5.78 Å². The summed E-state index contributed by atoms with van der Waals surface area (Å²) in [7, 11) is 1.86. The van der Waals surface area contributed by atoms with Gasteiger partial charge in [0.1, 0.15) is 0 Å². The molecule has 0 unspecified atom stereocenters. The Morgan fingerprint density at radius 2 is 2.27 bits per heavy atom. The summed E-state index contributed by atoms with van der Waals surface area (Å²) in [5, 5.41) is 0. The summed E-state index contributed by atoms with van der Waals surface area (Å²) < 4.78 is 1.79. The number of hydrogen-bond donors (Lipinski definition) is 0. The van der Waals surface area contributed by atoms with E-state index in [1.165, 1.54) is 12.8 Å². The van der Waals surface area contributed by atoms with Gasteiger partial charge in [-0.2, -0.15) is 0 Å². The van der Waals surface area contributed by atoms with Gasteiger partial charge in [0.25, 0.3) is 0 Å². The van der Waals surface area contributed by atoms with Crippen molar-refractivity contribution in [2.24, 2.45) is 7.05 Å². The van der Waals surface area contributed by atoms with Crippen LogP contribution < -0.4 is 0 Å². The first-order chi connectivity index (χ1) is 7.29. The number of nitrogens with zero attached hydrogens (tertiary/aromatic N) is 2. The van der Waals surface area contributed by atoms with Crippen LogP contribution in [0.2, 0.25) is 0 Å². The monoisotopic (exact) mass is 204 g/mol. The number of carbonyl (C=O) groups excluding carboxylic acids is 1. The van der Waals surface area contributed by atoms with Gasteiger partial charge in [-0.1, -0.05) is 12.5 Å². The number of rotatable bonds is 2. The molecule has 1 aliphatic rings. The molecular formula is C12H16N2O. The van der Waals surface area contributed by atoms with Crippen molar-refractivity contribution in [2.45, 2.75) is 32.1 Å². The van der Waals surface area contributed by atoms with Gasteiger partial charge in [0.05, 0.1) is 0 Å². The molecule has 0 saturated heterocycles. The number of aromatic nitrogens is 2. The third-order valence-electron chi connectivity index (χ3n) is 2.86. The van der Waals surface area contributed by atoms with Crippen molar-refractivity contribution in [1.29, 1.82) is 0 Å². The minimum absolute atomic E-state index is 0.101. The van der Waals surface area contributed by atoms with E-state index < -0.39 is 0 Å². The number of ketones is 1. The Morgan fingerprint density at radius 3 is 3.00 bits per heavy atom. The van der Waals surface area contributed by atoms with Crippen LogP contribution in [0.25, 0.3) is 0 Å². The van der Waals surface area contributed by atoms with Crippen LogP contribution in [0.3, 0.4) is 0 Å². The lowest BCUT2D eigenvalue weighted by atomic mass is 10.1. The Bertz CT molecular complexity index is 390. The summed E-state index contributed by atoms with van der Waals surface area (Å²) in [4.78, 5) is 16.2. The number of hydrogen-bond acceptors (Lipinski definition) is 2. The lowest BCUT2D eigenvalue weighted by molar-refractivity contribution is 0.101. The zero-order chi connectivity index (χ0) is 10.7. The highest BCUT2D eigenvalue weighted by atomic mass is 16.1. The molecule has 0 amide bonds. The molecule has 1 aliphatic carbocycles. The van der Waals surface area contributed by atoms with E-state index in [1.807, 2.05) is 13.2 Å². The molecule has 1 aromatic rings. The third-order valence-corrected chi connectivity index (χ3v) is 2.86. The molecule has 2 rings (SSSR count). The molecule has 3 heteroatoms. The lowest BCUT2D eigenvalue weighted by Gasteiger charge is -2.03. The quantitative estimate of drug-likeness (QED) is 0.694. The van der Waals surface area contributed by atoms with E-state index in [0.29, 0.717) is 5.82 Å². The SMILES string of the molecule is Cn1ccnc1C(=O)C1=CCCCCC1. The van der Waals surface area contributed by atoms with E-state index in [-0.39, 0.29) is 5.78 Å². The lowest BCUT2D eigenvalue weighted by Crippen LogP contribution is -2.09. The average molecular weight is 204 g/mol. The average Bonchev–Trinajstić information content (AvgIpc) is 2.53. The minimum Gasteiger partial charge on any atom is -0.331 e. The molecule has 0 saturated carbocycles. The number of imidazole rings is 1. The van der Waals surface area contributed by atoms with Gasteiger partial charge in [-0.15, -0.1) is 0 Å². The van der Waals surface area contributed by atoms with Crippen LogP contribution in [-0.2, 0) is 7.05 Å².